The summed E-state index contributed by atoms with van der Waals surface area (Å²) in [7, 11) is 0. The molecule has 1 aliphatic rings. The van der Waals surface area contributed by atoms with E-state index in [0.29, 0.717) is 17.9 Å². The molecule has 1 saturated heterocycles. The number of halogens is 1. The fraction of sp³-hybridized carbons (Fsp3) is 0.348. The molecule has 152 valence electrons. The average Bonchev–Trinajstić information content (AvgIpc) is 3.16. The first-order valence-corrected chi connectivity index (χ1v) is 10.6. The first-order chi connectivity index (χ1) is 14.1. The van der Waals surface area contributed by atoms with E-state index in [1.165, 1.54) is 5.39 Å². The van der Waals surface area contributed by atoms with Crippen molar-refractivity contribution in [1.82, 2.24) is 9.88 Å². The number of para-hydroxylation sites is 1. The van der Waals surface area contributed by atoms with Gasteiger partial charge in [0.1, 0.15) is 0 Å². The highest BCUT2D eigenvalue weighted by Crippen LogP contribution is 2.30. The highest BCUT2D eigenvalue weighted by atomic mass is 35.5. The molecule has 1 aromatic heterocycles. The summed E-state index contributed by atoms with van der Waals surface area (Å²) in [6.07, 6.45) is 3.12. The highest BCUT2D eigenvalue weighted by Gasteiger charge is 2.19. The van der Waals surface area contributed by atoms with Gasteiger partial charge < -0.3 is 20.1 Å². The lowest BCUT2D eigenvalue weighted by molar-refractivity contribution is -0.116. The molecule has 29 heavy (non-hydrogen) atoms. The molecular weight excluding hydrogens is 384 g/mol. The number of H-pyrrole nitrogens is 1. The Kier molecular flexibility index (Phi) is 6.07. The number of benzene rings is 2. The largest absolute Gasteiger partial charge is 0.367 e. The number of nitrogens with one attached hydrogen (secondary N) is 2. The van der Waals surface area contributed by atoms with Crippen molar-refractivity contribution in [3.8, 4) is 0 Å². The molecule has 5 nitrogen and oxygen atoms in total. The Balaban J connectivity index is 1.43. The van der Waals surface area contributed by atoms with Crippen molar-refractivity contribution in [3.05, 3.63) is 59.2 Å². The van der Waals surface area contributed by atoms with Crippen molar-refractivity contribution in [1.29, 1.82) is 0 Å². The number of anilines is 2. The number of hydrogen-bond donors (Lipinski definition) is 2. The molecule has 3 aromatic rings. The van der Waals surface area contributed by atoms with E-state index in [1.54, 1.807) is 0 Å². The van der Waals surface area contributed by atoms with Crippen molar-refractivity contribution >= 4 is 39.8 Å². The molecule has 2 aromatic carbocycles. The molecule has 6 heteroatoms. The van der Waals surface area contributed by atoms with Crippen molar-refractivity contribution in [2.45, 2.75) is 19.8 Å². The number of amides is 1. The van der Waals surface area contributed by atoms with Crippen LogP contribution in [0.4, 0.5) is 11.4 Å². The number of rotatable bonds is 6. The predicted molar refractivity (Wildman–Crippen MR) is 121 cm³/mol. The van der Waals surface area contributed by atoms with E-state index in [9.17, 15) is 4.79 Å². The highest BCUT2D eigenvalue weighted by molar-refractivity contribution is 6.31. The topological polar surface area (TPSA) is 51.4 Å². The number of piperazine rings is 1. The third-order valence-corrected chi connectivity index (χ3v) is 5.92. The molecule has 2 N–H and O–H groups in total. The van der Waals surface area contributed by atoms with Crippen LogP contribution in [0, 0.1) is 0 Å². The number of nitrogens with zero attached hydrogens (tertiary/aromatic N) is 2. The second kappa shape index (κ2) is 8.89. The minimum atomic E-state index is 0.00555. The van der Waals surface area contributed by atoms with E-state index in [0.717, 1.165) is 55.2 Å². The molecule has 0 atom stereocenters. The lowest BCUT2D eigenvalue weighted by Crippen LogP contribution is -2.46. The Bertz CT molecular complexity index is 991. The minimum absolute atomic E-state index is 0.00555. The normalized spacial score (nSPS) is 15.0. The van der Waals surface area contributed by atoms with E-state index < -0.39 is 0 Å². The van der Waals surface area contributed by atoms with Gasteiger partial charge in [0.2, 0.25) is 5.91 Å². The molecule has 1 fully saturated rings. The summed E-state index contributed by atoms with van der Waals surface area (Å²) in [5, 5.41) is 4.91. The molecule has 0 spiro atoms. The summed E-state index contributed by atoms with van der Waals surface area (Å²) in [5.41, 5.74) is 4.11. The SMILES string of the molecule is CCN1CCN(c2ccc(Cl)cc2NC(=O)CCc2c[nH]c3ccccc23)CC1. The van der Waals surface area contributed by atoms with Crippen molar-refractivity contribution in [2.24, 2.45) is 0 Å². The van der Waals surface area contributed by atoms with Crippen molar-refractivity contribution in [2.75, 3.05) is 42.9 Å². The van der Waals surface area contributed by atoms with E-state index in [4.69, 9.17) is 11.6 Å². The molecule has 0 bridgehead atoms. The van der Waals surface area contributed by atoms with Crippen molar-refractivity contribution in [3.63, 3.8) is 0 Å². The molecule has 0 saturated carbocycles. The number of fused-ring (bicyclic) bond motifs is 1. The maximum Gasteiger partial charge on any atom is 0.224 e. The molecule has 0 unspecified atom stereocenters. The van der Waals surface area contributed by atoms with Crippen LogP contribution in [0.1, 0.15) is 18.9 Å². The van der Waals surface area contributed by atoms with Crippen LogP contribution in [0.15, 0.2) is 48.7 Å². The predicted octanol–water partition coefficient (Wildman–Crippen LogP) is 4.53. The monoisotopic (exact) mass is 410 g/mol. The molecule has 2 heterocycles. The summed E-state index contributed by atoms with van der Waals surface area (Å²) >= 11 is 6.23. The minimum Gasteiger partial charge on any atom is -0.367 e. The zero-order chi connectivity index (χ0) is 20.2. The van der Waals surface area contributed by atoms with Gasteiger partial charge in [0, 0.05) is 54.7 Å². The van der Waals surface area contributed by atoms with E-state index in [-0.39, 0.29) is 5.91 Å². The molecule has 0 aliphatic carbocycles. The smallest absolute Gasteiger partial charge is 0.224 e. The maximum atomic E-state index is 12.7. The third-order valence-electron chi connectivity index (χ3n) is 5.69. The van der Waals surface area contributed by atoms with E-state index >= 15 is 0 Å². The van der Waals surface area contributed by atoms with Crippen molar-refractivity contribution < 1.29 is 4.79 Å². The van der Waals surface area contributed by atoms with Crippen LogP contribution in [-0.2, 0) is 11.2 Å². The van der Waals surface area contributed by atoms with Gasteiger partial charge in [0.25, 0.3) is 0 Å². The fourth-order valence-corrected chi connectivity index (χ4v) is 4.16. The van der Waals surface area contributed by atoms with Crippen LogP contribution in [0.5, 0.6) is 0 Å². The third kappa shape index (κ3) is 4.57. The van der Waals surface area contributed by atoms with Crippen LogP contribution in [0.25, 0.3) is 10.9 Å². The van der Waals surface area contributed by atoms with Gasteiger partial charge >= 0.3 is 0 Å². The lowest BCUT2D eigenvalue weighted by atomic mass is 10.1. The Morgan fingerprint density at radius 1 is 1.14 bits per heavy atom. The average molecular weight is 411 g/mol. The first kappa shape index (κ1) is 19.8. The standard InChI is InChI=1S/C23H27ClN4O/c1-2-27-11-13-28(14-12-27)22-9-8-18(24)15-21(22)26-23(29)10-7-17-16-25-20-6-4-3-5-19(17)20/h3-6,8-9,15-16,25H,2,7,10-14H2,1H3,(H,26,29). The molecule has 0 radical (unpaired) electrons. The second-order valence-electron chi connectivity index (χ2n) is 7.49. The summed E-state index contributed by atoms with van der Waals surface area (Å²) in [6, 6.07) is 13.9. The molecule has 1 aliphatic heterocycles. The first-order valence-electron chi connectivity index (χ1n) is 10.3. The van der Waals surface area contributed by atoms with Gasteiger partial charge in [-0.05, 0) is 42.8 Å². The van der Waals surface area contributed by atoms with Gasteiger partial charge in [-0.3, -0.25) is 4.79 Å². The van der Waals surface area contributed by atoms with E-state index in [1.807, 2.05) is 36.5 Å². The zero-order valence-corrected chi connectivity index (χ0v) is 17.5. The van der Waals surface area contributed by atoms with Gasteiger partial charge in [-0.15, -0.1) is 0 Å². The Morgan fingerprint density at radius 3 is 2.72 bits per heavy atom. The van der Waals surface area contributed by atoms with Crippen LogP contribution >= 0.6 is 11.6 Å². The van der Waals surface area contributed by atoms with Gasteiger partial charge in [-0.2, -0.15) is 0 Å². The summed E-state index contributed by atoms with van der Waals surface area (Å²) in [5.74, 6) is 0.00555. The number of carbonyl (C=O) groups excluding carboxylic acids is 1. The molecule has 4 rings (SSSR count). The van der Waals surface area contributed by atoms with Gasteiger partial charge in [-0.1, -0.05) is 36.7 Å². The van der Waals surface area contributed by atoms with Gasteiger partial charge in [-0.25, -0.2) is 0 Å². The number of likely N-dealkylation sites (N-methyl/N-ethyl adjacent to an activating group) is 1. The molecule has 1 amide bonds. The summed E-state index contributed by atoms with van der Waals surface area (Å²) in [6.45, 7) is 7.24. The zero-order valence-electron chi connectivity index (χ0n) is 16.7. The fourth-order valence-electron chi connectivity index (χ4n) is 3.99. The second-order valence-corrected chi connectivity index (χ2v) is 7.93. The van der Waals surface area contributed by atoms with Crippen LogP contribution in [-0.4, -0.2) is 48.5 Å². The van der Waals surface area contributed by atoms with Crippen LogP contribution in [0.3, 0.4) is 0 Å². The van der Waals surface area contributed by atoms with Gasteiger partial charge in [0.15, 0.2) is 0 Å². The maximum absolute atomic E-state index is 12.7. The Morgan fingerprint density at radius 2 is 1.93 bits per heavy atom. The lowest BCUT2D eigenvalue weighted by Gasteiger charge is -2.36. The summed E-state index contributed by atoms with van der Waals surface area (Å²) in [4.78, 5) is 20.7. The number of hydrogen-bond acceptors (Lipinski definition) is 3. The Labute approximate surface area is 176 Å². The molecular formula is C23H27ClN4O. The van der Waals surface area contributed by atoms with E-state index in [2.05, 4.69) is 39.2 Å². The number of aromatic amines is 1. The number of carbonyl (C=O) groups is 1. The Hall–Kier alpha value is -2.50. The number of aromatic nitrogens is 1. The number of aryl methyl sites for hydroxylation is 1. The van der Waals surface area contributed by atoms with Crippen LogP contribution in [0.2, 0.25) is 5.02 Å². The summed E-state index contributed by atoms with van der Waals surface area (Å²) < 4.78 is 0. The van der Waals surface area contributed by atoms with Gasteiger partial charge in [0.05, 0.1) is 11.4 Å². The quantitative estimate of drug-likeness (QED) is 0.627. The van der Waals surface area contributed by atoms with Crippen LogP contribution < -0.4 is 10.2 Å².